The molecule has 1 aliphatic heterocycles. The van der Waals surface area contributed by atoms with Crippen molar-refractivity contribution in [2.45, 2.75) is 26.1 Å². The summed E-state index contributed by atoms with van der Waals surface area (Å²) in [4.78, 5) is 24.0. The third-order valence-electron chi connectivity index (χ3n) is 1.88. The standard InChI is InChI=1S/C8H16N4O2/c1-5(2)4-12-6(13)3-8(9,10)11-7(12)14/h5H,3-4,9-10H2,1-2H3,(H,11,14). The number of rotatable bonds is 2. The van der Waals surface area contributed by atoms with Crippen LogP contribution in [-0.2, 0) is 4.79 Å². The Balaban J connectivity index is 2.71. The first kappa shape index (κ1) is 10.9. The Bertz CT molecular complexity index is 242. The van der Waals surface area contributed by atoms with Crippen LogP contribution < -0.4 is 16.8 Å². The molecule has 0 unspecified atom stereocenters. The number of nitrogens with zero attached hydrogens (tertiary/aromatic N) is 1. The third-order valence-corrected chi connectivity index (χ3v) is 1.88. The monoisotopic (exact) mass is 200 g/mol. The minimum atomic E-state index is -1.40. The normalized spacial score (nSPS) is 21.4. The molecule has 6 nitrogen and oxygen atoms in total. The van der Waals surface area contributed by atoms with Crippen molar-refractivity contribution in [2.75, 3.05) is 6.54 Å². The van der Waals surface area contributed by atoms with E-state index in [4.69, 9.17) is 11.5 Å². The first-order chi connectivity index (χ1) is 6.32. The summed E-state index contributed by atoms with van der Waals surface area (Å²) in [5.41, 5.74) is 10.9. The van der Waals surface area contributed by atoms with Crippen molar-refractivity contribution in [3.8, 4) is 0 Å². The van der Waals surface area contributed by atoms with Crippen LogP contribution in [0.5, 0.6) is 0 Å². The maximum atomic E-state index is 11.5. The van der Waals surface area contributed by atoms with Gasteiger partial charge in [-0.1, -0.05) is 13.8 Å². The van der Waals surface area contributed by atoms with Crippen molar-refractivity contribution in [1.82, 2.24) is 10.2 Å². The fourth-order valence-electron chi connectivity index (χ4n) is 1.32. The van der Waals surface area contributed by atoms with Crippen LogP contribution in [0.3, 0.4) is 0 Å². The molecule has 0 bridgehead atoms. The largest absolute Gasteiger partial charge is 0.326 e. The van der Waals surface area contributed by atoms with E-state index in [0.29, 0.717) is 6.54 Å². The molecular weight excluding hydrogens is 184 g/mol. The Morgan fingerprint density at radius 3 is 2.50 bits per heavy atom. The number of urea groups is 1. The zero-order chi connectivity index (χ0) is 10.9. The molecular formula is C8H16N4O2. The van der Waals surface area contributed by atoms with Crippen molar-refractivity contribution in [3.05, 3.63) is 0 Å². The van der Waals surface area contributed by atoms with Crippen molar-refractivity contribution in [3.63, 3.8) is 0 Å². The molecule has 1 heterocycles. The van der Waals surface area contributed by atoms with Crippen molar-refractivity contribution >= 4 is 11.9 Å². The van der Waals surface area contributed by atoms with E-state index >= 15 is 0 Å². The van der Waals surface area contributed by atoms with Gasteiger partial charge in [0, 0.05) is 6.54 Å². The van der Waals surface area contributed by atoms with E-state index in [1.165, 1.54) is 0 Å². The average molecular weight is 200 g/mol. The molecule has 0 aromatic carbocycles. The summed E-state index contributed by atoms with van der Waals surface area (Å²) in [5.74, 6) is -1.50. The van der Waals surface area contributed by atoms with Crippen LogP contribution in [0.25, 0.3) is 0 Å². The molecule has 0 aliphatic carbocycles. The molecule has 0 saturated carbocycles. The van der Waals surface area contributed by atoms with Gasteiger partial charge in [-0.05, 0) is 5.92 Å². The fraction of sp³-hybridized carbons (Fsp3) is 0.750. The highest BCUT2D eigenvalue weighted by Crippen LogP contribution is 2.10. The van der Waals surface area contributed by atoms with Gasteiger partial charge in [-0.15, -0.1) is 0 Å². The highest BCUT2D eigenvalue weighted by atomic mass is 16.2. The molecule has 14 heavy (non-hydrogen) atoms. The summed E-state index contributed by atoms with van der Waals surface area (Å²) in [7, 11) is 0. The lowest BCUT2D eigenvalue weighted by Crippen LogP contribution is -2.71. The minimum Gasteiger partial charge on any atom is -0.307 e. The van der Waals surface area contributed by atoms with Crippen molar-refractivity contribution in [2.24, 2.45) is 17.4 Å². The lowest BCUT2D eigenvalue weighted by Gasteiger charge is -2.36. The van der Waals surface area contributed by atoms with Gasteiger partial charge < -0.3 is 5.32 Å². The van der Waals surface area contributed by atoms with Crippen LogP contribution in [0.1, 0.15) is 20.3 Å². The SMILES string of the molecule is CC(C)CN1C(=O)CC(N)(N)NC1=O. The molecule has 0 aromatic rings. The second-order valence-corrected chi connectivity index (χ2v) is 4.05. The second kappa shape index (κ2) is 3.55. The van der Waals surface area contributed by atoms with E-state index in [1.54, 1.807) is 0 Å². The van der Waals surface area contributed by atoms with Crippen LogP contribution >= 0.6 is 0 Å². The number of nitrogens with two attached hydrogens (primary N) is 2. The Morgan fingerprint density at radius 1 is 1.50 bits per heavy atom. The van der Waals surface area contributed by atoms with E-state index < -0.39 is 11.8 Å². The summed E-state index contributed by atoms with van der Waals surface area (Å²) in [6.07, 6.45) is -0.0640. The fourth-order valence-corrected chi connectivity index (χ4v) is 1.32. The molecule has 0 atom stereocenters. The molecule has 1 aliphatic rings. The quantitative estimate of drug-likeness (QED) is 0.505. The maximum Gasteiger partial charge on any atom is 0.326 e. The topological polar surface area (TPSA) is 101 Å². The first-order valence-corrected chi connectivity index (χ1v) is 4.52. The molecule has 80 valence electrons. The maximum absolute atomic E-state index is 11.5. The Kier molecular flexibility index (Phi) is 2.77. The number of imide groups is 1. The summed E-state index contributed by atoms with van der Waals surface area (Å²) >= 11 is 0. The van der Waals surface area contributed by atoms with Crippen LogP contribution in [0.15, 0.2) is 0 Å². The van der Waals surface area contributed by atoms with Gasteiger partial charge in [0.05, 0.1) is 6.42 Å². The van der Waals surface area contributed by atoms with E-state index in [1.807, 2.05) is 13.8 Å². The highest BCUT2D eigenvalue weighted by molar-refractivity contribution is 5.97. The van der Waals surface area contributed by atoms with Crippen LogP contribution in [0.2, 0.25) is 0 Å². The van der Waals surface area contributed by atoms with Crippen LogP contribution in [0, 0.1) is 5.92 Å². The Morgan fingerprint density at radius 2 is 2.07 bits per heavy atom. The predicted molar refractivity (Wildman–Crippen MR) is 50.8 cm³/mol. The molecule has 0 aromatic heterocycles. The van der Waals surface area contributed by atoms with Crippen molar-refractivity contribution < 1.29 is 9.59 Å². The number of nitrogens with one attached hydrogen (secondary N) is 1. The minimum absolute atomic E-state index is 0.0640. The van der Waals surface area contributed by atoms with E-state index in [9.17, 15) is 9.59 Å². The number of carbonyl (C=O) groups is 2. The summed E-state index contributed by atoms with van der Waals surface area (Å²) in [6, 6.07) is -0.514. The van der Waals surface area contributed by atoms with Gasteiger partial charge in [0.15, 0.2) is 5.79 Å². The van der Waals surface area contributed by atoms with Crippen LogP contribution in [0.4, 0.5) is 4.79 Å². The van der Waals surface area contributed by atoms with Gasteiger partial charge in [0.25, 0.3) is 0 Å². The van der Waals surface area contributed by atoms with Gasteiger partial charge in [-0.3, -0.25) is 21.2 Å². The zero-order valence-corrected chi connectivity index (χ0v) is 8.41. The Labute approximate surface area is 82.6 Å². The molecule has 6 heteroatoms. The van der Waals surface area contributed by atoms with E-state index in [2.05, 4.69) is 5.32 Å². The van der Waals surface area contributed by atoms with Crippen LogP contribution in [-0.4, -0.2) is 29.2 Å². The molecule has 1 saturated heterocycles. The molecule has 3 amide bonds. The lowest BCUT2D eigenvalue weighted by molar-refractivity contribution is -0.132. The van der Waals surface area contributed by atoms with Gasteiger partial charge in [-0.25, -0.2) is 4.79 Å². The number of hydrogen-bond donors (Lipinski definition) is 3. The highest BCUT2D eigenvalue weighted by Gasteiger charge is 2.37. The van der Waals surface area contributed by atoms with Crippen molar-refractivity contribution in [1.29, 1.82) is 0 Å². The second-order valence-electron chi connectivity index (χ2n) is 4.05. The number of carbonyl (C=O) groups excluding carboxylic acids is 2. The summed E-state index contributed by atoms with van der Waals surface area (Å²) in [6.45, 7) is 4.24. The zero-order valence-electron chi connectivity index (χ0n) is 8.41. The molecule has 0 radical (unpaired) electrons. The average Bonchev–Trinajstić information content (AvgIpc) is 1.94. The predicted octanol–water partition coefficient (Wildman–Crippen LogP) is -0.844. The number of hydrogen-bond acceptors (Lipinski definition) is 4. The number of amides is 3. The lowest BCUT2D eigenvalue weighted by atomic mass is 10.1. The molecule has 5 N–H and O–H groups in total. The van der Waals surface area contributed by atoms with Gasteiger partial charge >= 0.3 is 6.03 Å². The van der Waals surface area contributed by atoms with E-state index in [0.717, 1.165) is 4.90 Å². The first-order valence-electron chi connectivity index (χ1n) is 4.52. The summed E-state index contributed by atoms with van der Waals surface area (Å²) < 4.78 is 0. The summed E-state index contributed by atoms with van der Waals surface area (Å²) in [5, 5.41) is 2.36. The van der Waals surface area contributed by atoms with E-state index in [-0.39, 0.29) is 18.2 Å². The van der Waals surface area contributed by atoms with Gasteiger partial charge in [0.2, 0.25) is 5.91 Å². The third kappa shape index (κ3) is 2.43. The Hall–Kier alpha value is -1.14. The molecule has 0 spiro atoms. The van der Waals surface area contributed by atoms with Gasteiger partial charge in [-0.2, -0.15) is 0 Å². The smallest absolute Gasteiger partial charge is 0.307 e. The molecule has 1 rings (SSSR count). The van der Waals surface area contributed by atoms with Gasteiger partial charge in [0.1, 0.15) is 0 Å². The molecule has 1 fully saturated rings.